The molecule has 1 aliphatic rings. The van der Waals surface area contributed by atoms with Crippen molar-refractivity contribution in [2.45, 2.75) is 26.4 Å². The number of aliphatic carboxylic acids is 1. The second kappa shape index (κ2) is 6.60. The quantitative estimate of drug-likeness (QED) is 0.835. The fourth-order valence-corrected chi connectivity index (χ4v) is 2.46. The molecule has 1 N–H and O–H groups in total. The summed E-state index contributed by atoms with van der Waals surface area (Å²) in [5.41, 5.74) is 0.518. The van der Waals surface area contributed by atoms with E-state index >= 15 is 0 Å². The van der Waals surface area contributed by atoms with Crippen molar-refractivity contribution in [1.29, 1.82) is 0 Å². The van der Waals surface area contributed by atoms with Gasteiger partial charge < -0.3 is 14.7 Å². The molecule has 1 amide bonds. The van der Waals surface area contributed by atoms with Crippen molar-refractivity contribution in [2.75, 3.05) is 13.1 Å². The summed E-state index contributed by atoms with van der Waals surface area (Å²) in [6.45, 7) is 3.73. The molecule has 1 aromatic rings. The average molecular weight is 305 g/mol. The Balaban J connectivity index is 1.98. The lowest BCUT2D eigenvalue weighted by Gasteiger charge is -2.21. The van der Waals surface area contributed by atoms with Crippen molar-refractivity contribution in [1.82, 2.24) is 4.90 Å². The van der Waals surface area contributed by atoms with Gasteiger partial charge in [-0.15, -0.1) is 0 Å². The number of amides is 1. The Labute approximate surface area is 128 Å². The summed E-state index contributed by atoms with van der Waals surface area (Å²) in [4.78, 5) is 36.1. The van der Waals surface area contributed by atoms with Gasteiger partial charge in [0, 0.05) is 18.7 Å². The molecule has 2 unspecified atom stereocenters. The van der Waals surface area contributed by atoms with Gasteiger partial charge in [0.15, 0.2) is 11.9 Å². The number of carboxylic acid groups (broad SMARTS) is 1. The molecule has 6 nitrogen and oxygen atoms in total. The number of carboxylic acids is 1. The molecule has 0 radical (unpaired) electrons. The topological polar surface area (TPSA) is 83.9 Å². The van der Waals surface area contributed by atoms with Crippen LogP contribution in [0.25, 0.3) is 0 Å². The van der Waals surface area contributed by atoms with Crippen LogP contribution in [0.1, 0.15) is 30.6 Å². The number of likely N-dealkylation sites (tertiary alicyclic amines) is 1. The zero-order valence-corrected chi connectivity index (χ0v) is 12.6. The van der Waals surface area contributed by atoms with E-state index in [0.717, 1.165) is 0 Å². The maximum Gasteiger partial charge on any atom is 0.308 e. The number of ketones is 1. The third kappa shape index (κ3) is 3.63. The van der Waals surface area contributed by atoms with Crippen molar-refractivity contribution in [3.05, 3.63) is 29.8 Å². The van der Waals surface area contributed by atoms with Crippen LogP contribution in [0.5, 0.6) is 5.75 Å². The number of hydrogen-bond acceptors (Lipinski definition) is 4. The van der Waals surface area contributed by atoms with E-state index < -0.39 is 18.0 Å². The van der Waals surface area contributed by atoms with Crippen LogP contribution in [-0.4, -0.2) is 46.9 Å². The minimum Gasteiger partial charge on any atom is -0.481 e. The number of hydrogen-bond donors (Lipinski definition) is 1. The molecule has 2 rings (SSSR count). The molecule has 118 valence electrons. The van der Waals surface area contributed by atoms with Crippen LogP contribution in [0.3, 0.4) is 0 Å². The van der Waals surface area contributed by atoms with Crippen LogP contribution in [0.2, 0.25) is 0 Å². The predicted octanol–water partition coefficient (Wildman–Crippen LogP) is 1.59. The summed E-state index contributed by atoms with van der Waals surface area (Å²) in [7, 11) is 0. The number of rotatable bonds is 5. The average Bonchev–Trinajstić information content (AvgIpc) is 2.96. The van der Waals surface area contributed by atoms with Gasteiger partial charge in [0.05, 0.1) is 5.92 Å². The fraction of sp³-hybridized carbons (Fsp3) is 0.438. The Hall–Kier alpha value is -2.37. The van der Waals surface area contributed by atoms with Crippen LogP contribution in [0, 0.1) is 5.92 Å². The Morgan fingerprint density at radius 2 is 2.09 bits per heavy atom. The predicted molar refractivity (Wildman–Crippen MR) is 78.9 cm³/mol. The third-order valence-corrected chi connectivity index (χ3v) is 3.75. The Morgan fingerprint density at radius 1 is 1.36 bits per heavy atom. The summed E-state index contributed by atoms with van der Waals surface area (Å²) < 4.78 is 5.58. The molecule has 2 atom stereocenters. The van der Waals surface area contributed by atoms with Crippen LogP contribution in [0.15, 0.2) is 24.3 Å². The van der Waals surface area contributed by atoms with Crippen molar-refractivity contribution in [3.63, 3.8) is 0 Å². The molecule has 6 heteroatoms. The van der Waals surface area contributed by atoms with E-state index in [1.54, 1.807) is 31.2 Å². The van der Waals surface area contributed by atoms with E-state index in [0.29, 0.717) is 24.3 Å². The largest absolute Gasteiger partial charge is 0.481 e. The number of ether oxygens (including phenoxy) is 1. The highest BCUT2D eigenvalue weighted by Gasteiger charge is 2.33. The Morgan fingerprint density at radius 3 is 2.68 bits per heavy atom. The Bertz CT molecular complexity index is 598. The van der Waals surface area contributed by atoms with Crippen LogP contribution >= 0.6 is 0 Å². The van der Waals surface area contributed by atoms with Gasteiger partial charge in [-0.3, -0.25) is 14.4 Å². The Kier molecular flexibility index (Phi) is 4.80. The van der Waals surface area contributed by atoms with Gasteiger partial charge in [-0.25, -0.2) is 0 Å². The van der Waals surface area contributed by atoms with Gasteiger partial charge in [-0.2, -0.15) is 0 Å². The first-order valence-corrected chi connectivity index (χ1v) is 7.17. The zero-order chi connectivity index (χ0) is 16.3. The van der Waals surface area contributed by atoms with E-state index in [1.807, 2.05) is 0 Å². The molecule has 22 heavy (non-hydrogen) atoms. The van der Waals surface area contributed by atoms with Gasteiger partial charge in [-0.1, -0.05) is 12.1 Å². The molecule has 0 saturated carbocycles. The van der Waals surface area contributed by atoms with E-state index in [1.165, 1.54) is 11.8 Å². The summed E-state index contributed by atoms with van der Waals surface area (Å²) in [6, 6.07) is 6.65. The first kappa shape index (κ1) is 16.0. The highest BCUT2D eigenvalue weighted by molar-refractivity contribution is 5.94. The van der Waals surface area contributed by atoms with Crippen molar-refractivity contribution in [2.24, 2.45) is 5.92 Å². The second-order valence-electron chi connectivity index (χ2n) is 5.45. The molecule has 0 spiro atoms. The lowest BCUT2D eigenvalue weighted by molar-refractivity contribution is -0.142. The normalized spacial score (nSPS) is 18.8. The molecule has 0 aromatic heterocycles. The molecule has 1 aliphatic heterocycles. The van der Waals surface area contributed by atoms with Crippen LogP contribution in [-0.2, 0) is 9.59 Å². The lowest BCUT2D eigenvalue weighted by Crippen LogP contribution is -2.39. The van der Waals surface area contributed by atoms with Gasteiger partial charge in [0.1, 0.15) is 5.75 Å². The van der Waals surface area contributed by atoms with Crippen LogP contribution in [0.4, 0.5) is 0 Å². The SMILES string of the molecule is CC(=O)c1cccc(OC(C)C(=O)N2CCC(C(=O)O)C2)c1. The molecular weight excluding hydrogens is 286 g/mol. The summed E-state index contributed by atoms with van der Waals surface area (Å²) in [5.74, 6) is -1.25. The summed E-state index contributed by atoms with van der Waals surface area (Å²) in [5, 5.41) is 8.97. The number of benzene rings is 1. The summed E-state index contributed by atoms with van der Waals surface area (Å²) >= 11 is 0. The first-order chi connectivity index (χ1) is 10.4. The maximum absolute atomic E-state index is 12.3. The highest BCUT2D eigenvalue weighted by atomic mass is 16.5. The molecule has 1 fully saturated rings. The van der Waals surface area contributed by atoms with E-state index in [-0.39, 0.29) is 18.2 Å². The smallest absolute Gasteiger partial charge is 0.308 e. The highest BCUT2D eigenvalue weighted by Crippen LogP contribution is 2.20. The third-order valence-electron chi connectivity index (χ3n) is 3.75. The molecule has 1 heterocycles. The number of carbonyl (C=O) groups excluding carboxylic acids is 2. The molecule has 1 saturated heterocycles. The minimum atomic E-state index is -0.877. The zero-order valence-electron chi connectivity index (χ0n) is 12.6. The van der Waals surface area contributed by atoms with E-state index in [2.05, 4.69) is 0 Å². The first-order valence-electron chi connectivity index (χ1n) is 7.17. The van der Waals surface area contributed by atoms with Gasteiger partial charge in [-0.05, 0) is 32.4 Å². The van der Waals surface area contributed by atoms with Crippen molar-refractivity contribution in [3.8, 4) is 5.75 Å². The number of carbonyl (C=O) groups is 3. The van der Waals surface area contributed by atoms with Crippen molar-refractivity contribution >= 4 is 17.7 Å². The molecule has 0 bridgehead atoms. The van der Waals surface area contributed by atoms with Crippen molar-refractivity contribution < 1.29 is 24.2 Å². The summed E-state index contributed by atoms with van der Waals surface area (Å²) in [6.07, 6.45) is -0.261. The van der Waals surface area contributed by atoms with E-state index in [4.69, 9.17) is 9.84 Å². The van der Waals surface area contributed by atoms with E-state index in [9.17, 15) is 14.4 Å². The van der Waals surface area contributed by atoms with Gasteiger partial charge >= 0.3 is 5.97 Å². The fourth-order valence-electron chi connectivity index (χ4n) is 2.46. The molecule has 0 aliphatic carbocycles. The minimum absolute atomic E-state index is 0.0757. The standard InChI is InChI=1S/C16H19NO5/c1-10(18)12-4-3-5-14(8-12)22-11(2)15(19)17-7-6-13(9-17)16(20)21/h3-5,8,11,13H,6-7,9H2,1-2H3,(H,20,21). The number of nitrogens with zero attached hydrogens (tertiary/aromatic N) is 1. The van der Waals surface area contributed by atoms with Gasteiger partial charge in [0.25, 0.3) is 5.91 Å². The molecular formula is C16H19NO5. The van der Waals surface area contributed by atoms with Crippen LogP contribution < -0.4 is 4.74 Å². The monoisotopic (exact) mass is 305 g/mol. The number of Topliss-reactive ketones (excluding diaryl/α,β-unsaturated/α-hetero) is 1. The van der Waals surface area contributed by atoms with Gasteiger partial charge in [0.2, 0.25) is 0 Å². The second-order valence-corrected chi connectivity index (χ2v) is 5.45. The molecule has 1 aromatic carbocycles. The lowest BCUT2D eigenvalue weighted by atomic mass is 10.1. The maximum atomic E-state index is 12.3.